The van der Waals surface area contributed by atoms with E-state index in [1.165, 1.54) is 23.5 Å². The lowest BCUT2D eigenvalue weighted by molar-refractivity contribution is -0.111. The van der Waals surface area contributed by atoms with Crippen molar-refractivity contribution in [3.05, 3.63) is 72.3 Å². The van der Waals surface area contributed by atoms with Crippen LogP contribution < -0.4 is 0 Å². The van der Waals surface area contributed by atoms with Crippen molar-refractivity contribution in [1.82, 2.24) is 0 Å². The second-order valence-electron chi connectivity index (χ2n) is 6.66. The van der Waals surface area contributed by atoms with E-state index in [1.807, 2.05) is 60.7 Å². The molecule has 5 heteroatoms. The SMILES string of the molecule is N#Cc1ccc2cc(SC(=O)CCCCCC(=O)Sc3ccccc3)ccc2c1. The van der Waals surface area contributed by atoms with E-state index in [-0.39, 0.29) is 10.2 Å². The molecule has 3 rings (SSSR count). The van der Waals surface area contributed by atoms with Crippen LogP contribution >= 0.6 is 23.5 Å². The molecule has 3 aromatic carbocycles. The zero-order chi connectivity index (χ0) is 20.5. The highest BCUT2D eigenvalue weighted by molar-refractivity contribution is 8.13. The van der Waals surface area contributed by atoms with Gasteiger partial charge in [0.15, 0.2) is 10.2 Å². The van der Waals surface area contributed by atoms with Crippen molar-refractivity contribution in [2.24, 2.45) is 0 Å². The maximum atomic E-state index is 12.2. The van der Waals surface area contributed by atoms with Crippen LogP contribution in [0.4, 0.5) is 0 Å². The van der Waals surface area contributed by atoms with Crippen molar-refractivity contribution in [2.75, 3.05) is 0 Å². The number of nitriles is 1. The molecule has 0 saturated carbocycles. The van der Waals surface area contributed by atoms with Gasteiger partial charge in [-0.1, -0.05) is 60.3 Å². The number of nitrogens with zero attached hydrogens (tertiary/aromatic N) is 1. The first kappa shape index (κ1) is 21.2. The number of hydrogen-bond donors (Lipinski definition) is 0. The molecule has 0 amide bonds. The van der Waals surface area contributed by atoms with Crippen molar-refractivity contribution in [3.8, 4) is 6.07 Å². The summed E-state index contributed by atoms with van der Waals surface area (Å²) in [6.07, 6.45) is 3.54. The molecule has 0 saturated heterocycles. The first-order chi connectivity index (χ1) is 14.1. The highest BCUT2D eigenvalue weighted by Crippen LogP contribution is 2.27. The third-order valence-electron chi connectivity index (χ3n) is 4.41. The quantitative estimate of drug-likeness (QED) is 0.304. The molecule has 3 aromatic rings. The van der Waals surface area contributed by atoms with Crippen LogP contribution in [0.25, 0.3) is 10.8 Å². The highest BCUT2D eigenvalue weighted by atomic mass is 32.2. The Kier molecular flexibility index (Phi) is 7.92. The minimum Gasteiger partial charge on any atom is -0.287 e. The Morgan fingerprint density at radius 2 is 1.34 bits per heavy atom. The zero-order valence-electron chi connectivity index (χ0n) is 16.0. The first-order valence-electron chi connectivity index (χ1n) is 9.54. The van der Waals surface area contributed by atoms with Crippen molar-refractivity contribution in [2.45, 2.75) is 41.9 Å². The molecule has 0 unspecified atom stereocenters. The first-order valence-corrected chi connectivity index (χ1v) is 11.2. The summed E-state index contributed by atoms with van der Waals surface area (Å²) in [6.45, 7) is 0. The van der Waals surface area contributed by atoms with Crippen LogP contribution in [0.5, 0.6) is 0 Å². The van der Waals surface area contributed by atoms with Crippen molar-refractivity contribution >= 4 is 44.5 Å². The second kappa shape index (κ2) is 10.8. The minimum absolute atomic E-state index is 0.142. The van der Waals surface area contributed by atoms with E-state index in [1.54, 1.807) is 6.07 Å². The molecule has 29 heavy (non-hydrogen) atoms. The van der Waals surface area contributed by atoms with E-state index in [0.29, 0.717) is 18.4 Å². The van der Waals surface area contributed by atoms with Crippen LogP contribution in [0.1, 0.15) is 37.7 Å². The predicted molar refractivity (Wildman–Crippen MR) is 120 cm³/mol. The molecular weight excluding hydrogens is 398 g/mol. The van der Waals surface area contributed by atoms with E-state index in [9.17, 15) is 9.59 Å². The third-order valence-corrected chi connectivity index (χ3v) is 6.27. The van der Waals surface area contributed by atoms with Gasteiger partial charge in [-0.05, 0) is 60.0 Å². The summed E-state index contributed by atoms with van der Waals surface area (Å²) in [5.74, 6) is 0. The van der Waals surface area contributed by atoms with Gasteiger partial charge in [-0.15, -0.1) is 0 Å². The van der Waals surface area contributed by atoms with Crippen molar-refractivity contribution in [3.63, 3.8) is 0 Å². The van der Waals surface area contributed by atoms with E-state index < -0.39 is 0 Å². The molecule has 0 fully saturated rings. The summed E-state index contributed by atoms with van der Waals surface area (Å²) in [5, 5.41) is 11.3. The number of fused-ring (bicyclic) bond motifs is 1. The average Bonchev–Trinajstić information content (AvgIpc) is 2.73. The lowest BCUT2D eigenvalue weighted by Crippen LogP contribution is -1.94. The number of carbonyl (C=O) groups excluding carboxylic acids is 2. The van der Waals surface area contributed by atoms with Gasteiger partial charge in [-0.2, -0.15) is 5.26 Å². The molecule has 0 spiro atoms. The number of unbranched alkanes of at least 4 members (excludes halogenated alkanes) is 2. The fraction of sp³-hybridized carbons (Fsp3) is 0.208. The van der Waals surface area contributed by atoms with Crippen LogP contribution in [-0.4, -0.2) is 10.2 Å². The summed E-state index contributed by atoms with van der Waals surface area (Å²) in [6, 6.07) is 23.2. The van der Waals surface area contributed by atoms with Gasteiger partial charge in [-0.3, -0.25) is 9.59 Å². The van der Waals surface area contributed by atoms with Crippen LogP contribution in [0.3, 0.4) is 0 Å². The van der Waals surface area contributed by atoms with Gasteiger partial charge in [0.05, 0.1) is 11.6 Å². The lowest BCUT2D eigenvalue weighted by atomic mass is 10.1. The summed E-state index contributed by atoms with van der Waals surface area (Å²) in [5.41, 5.74) is 0.634. The number of carbonyl (C=O) groups is 2. The minimum atomic E-state index is 0.142. The van der Waals surface area contributed by atoms with E-state index in [2.05, 4.69) is 6.07 Å². The Balaban J connectivity index is 1.37. The molecule has 0 aromatic heterocycles. The summed E-state index contributed by atoms with van der Waals surface area (Å²) in [4.78, 5) is 26.1. The number of rotatable bonds is 8. The summed E-state index contributed by atoms with van der Waals surface area (Å²) in [7, 11) is 0. The fourth-order valence-corrected chi connectivity index (χ4v) is 4.56. The van der Waals surface area contributed by atoms with Crippen molar-refractivity contribution in [1.29, 1.82) is 5.26 Å². The molecular formula is C24H21NO2S2. The third kappa shape index (κ3) is 6.77. The number of hydrogen-bond acceptors (Lipinski definition) is 5. The lowest BCUT2D eigenvalue weighted by Gasteiger charge is -2.04. The van der Waals surface area contributed by atoms with Gasteiger partial charge in [0.25, 0.3) is 0 Å². The van der Waals surface area contributed by atoms with E-state index in [0.717, 1.165) is 39.8 Å². The number of thioether (sulfide) groups is 2. The Morgan fingerprint density at radius 1 is 0.724 bits per heavy atom. The molecule has 0 N–H and O–H groups in total. The molecule has 146 valence electrons. The Morgan fingerprint density at radius 3 is 2.03 bits per heavy atom. The predicted octanol–water partition coefficient (Wildman–Crippen LogP) is 6.60. The zero-order valence-corrected chi connectivity index (χ0v) is 17.6. The topological polar surface area (TPSA) is 57.9 Å². The Bertz CT molecular complexity index is 1040. The normalized spacial score (nSPS) is 10.6. The molecule has 0 bridgehead atoms. The largest absolute Gasteiger partial charge is 0.287 e. The van der Waals surface area contributed by atoms with Gasteiger partial charge >= 0.3 is 0 Å². The standard InChI is InChI=1S/C24H21NO2S2/c25-17-18-11-12-20-16-22(14-13-19(20)15-18)29-24(27)10-6-2-5-9-23(26)28-21-7-3-1-4-8-21/h1,3-4,7-8,11-16H,2,5-6,9-10H2. The maximum absolute atomic E-state index is 12.2. The van der Waals surface area contributed by atoms with Crippen LogP contribution in [0, 0.1) is 11.3 Å². The van der Waals surface area contributed by atoms with Gasteiger partial charge in [0.1, 0.15) is 0 Å². The van der Waals surface area contributed by atoms with Gasteiger partial charge in [0.2, 0.25) is 0 Å². The van der Waals surface area contributed by atoms with Gasteiger partial charge < -0.3 is 0 Å². The van der Waals surface area contributed by atoms with Gasteiger partial charge in [0, 0.05) is 22.6 Å². The molecule has 0 aliphatic heterocycles. The average molecular weight is 420 g/mol. The Labute approximate surface area is 179 Å². The molecule has 0 aliphatic carbocycles. The molecule has 0 radical (unpaired) electrons. The Hall–Kier alpha value is -2.55. The van der Waals surface area contributed by atoms with E-state index in [4.69, 9.17) is 5.26 Å². The summed E-state index contributed by atoms with van der Waals surface area (Å²) < 4.78 is 0. The van der Waals surface area contributed by atoms with E-state index >= 15 is 0 Å². The smallest absolute Gasteiger partial charge is 0.193 e. The summed E-state index contributed by atoms with van der Waals surface area (Å²) >= 11 is 2.54. The number of benzene rings is 3. The molecule has 0 atom stereocenters. The fourth-order valence-electron chi connectivity index (χ4n) is 2.93. The molecule has 3 nitrogen and oxygen atoms in total. The maximum Gasteiger partial charge on any atom is 0.193 e. The van der Waals surface area contributed by atoms with Crippen molar-refractivity contribution < 1.29 is 9.59 Å². The van der Waals surface area contributed by atoms with Crippen LogP contribution in [0.15, 0.2) is 76.5 Å². The highest BCUT2D eigenvalue weighted by Gasteiger charge is 2.08. The monoisotopic (exact) mass is 419 g/mol. The van der Waals surface area contributed by atoms with Gasteiger partial charge in [-0.25, -0.2) is 0 Å². The molecule has 0 heterocycles. The van der Waals surface area contributed by atoms with Crippen LogP contribution in [0.2, 0.25) is 0 Å². The molecule has 0 aliphatic rings. The van der Waals surface area contributed by atoms with Crippen LogP contribution in [-0.2, 0) is 9.59 Å². The second-order valence-corrected chi connectivity index (χ2v) is 8.92.